The molecule has 1 aliphatic rings. The average molecular weight is 487 g/mol. The maximum Gasteiger partial charge on any atom is 0.326 e. The van der Waals surface area contributed by atoms with Crippen LogP contribution < -0.4 is 27.8 Å². The Kier molecular flexibility index (Phi) is 13.0. The predicted octanol–water partition coefficient (Wildman–Crippen LogP) is -1.76. The van der Waals surface area contributed by atoms with Gasteiger partial charge in [-0.2, -0.15) is 0 Å². The van der Waals surface area contributed by atoms with Gasteiger partial charge in [-0.15, -0.1) is 0 Å². The van der Waals surface area contributed by atoms with Gasteiger partial charge in [-0.25, -0.2) is 4.79 Å². The zero-order valence-corrected chi connectivity index (χ0v) is 20.2. The average Bonchev–Trinajstić information content (AvgIpc) is 3.17. The number of hydrogen-bond acceptors (Lipinski definition) is 8. The topological polar surface area (TPSA) is 214 Å². The van der Waals surface area contributed by atoms with E-state index in [2.05, 4.69) is 10.6 Å². The van der Waals surface area contributed by atoms with Crippen LogP contribution in [0.25, 0.3) is 0 Å². The van der Waals surface area contributed by atoms with Crippen molar-refractivity contribution in [1.29, 1.82) is 0 Å². The van der Waals surface area contributed by atoms with Crippen molar-refractivity contribution in [2.45, 2.75) is 89.1 Å². The number of nitrogens with zero attached hydrogens (tertiary/aromatic N) is 1. The lowest BCUT2D eigenvalue weighted by molar-refractivity contribution is -0.145. The molecule has 5 atom stereocenters. The zero-order chi connectivity index (χ0) is 25.8. The summed E-state index contributed by atoms with van der Waals surface area (Å²) in [5.74, 6) is -3.21. The van der Waals surface area contributed by atoms with Gasteiger partial charge in [-0.3, -0.25) is 14.4 Å². The van der Waals surface area contributed by atoms with E-state index in [0.717, 1.165) is 6.42 Å². The summed E-state index contributed by atoms with van der Waals surface area (Å²) in [7, 11) is 0. The third-order valence-electron chi connectivity index (χ3n) is 5.96. The summed E-state index contributed by atoms with van der Waals surface area (Å²) in [6.07, 6.45) is 2.37. The maximum atomic E-state index is 13.4. The number of aliphatic hydroxyl groups is 1. The molecule has 196 valence electrons. The van der Waals surface area contributed by atoms with Crippen LogP contribution in [-0.2, 0) is 19.2 Å². The molecule has 0 aromatic carbocycles. The summed E-state index contributed by atoms with van der Waals surface area (Å²) in [4.78, 5) is 51.6. The van der Waals surface area contributed by atoms with E-state index >= 15 is 0 Å². The Morgan fingerprint density at radius 2 is 1.59 bits per heavy atom. The van der Waals surface area contributed by atoms with Gasteiger partial charge < -0.3 is 42.9 Å². The highest BCUT2D eigenvalue weighted by Gasteiger charge is 2.42. The number of likely N-dealkylation sites (tertiary alicyclic amines) is 1. The van der Waals surface area contributed by atoms with E-state index in [1.807, 2.05) is 0 Å². The Labute approximate surface area is 201 Å². The quantitative estimate of drug-likeness (QED) is 0.130. The summed E-state index contributed by atoms with van der Waals surface area (Å²) in [6, 6.07) is -3.92. The Balaban J connectivity index is 2.98. The summed E-state index contributed by atoms with van der Waals surface area (Å²) < 4.78 is 0. The molecule has 0 aromatic rings. The number of aliphatic carboxylic acids is 1. The number of nitrogens with one attached hydrogen (secondary N) is 2. The Morgan fingerprint density at radius 3 is 2.12 bits per heavy atom. The monoisotopic (exact) mass is 486 g/mol. The molecule has 0 saturated carbocycles. The highest BCUT2D eigenvalue weighted by molar-refractivity contribution is 5.94. The lowest BCUT2D eigenvalue weighted by Gasteiger charge is -2.30. The number of hydrogen-bond donors (Lipinski definition) is 7. The second kappa shape index (κ2) is 14.9. The molecule has 10 N–H and O–H groups in total. The predicted molar refractivity (Wildman–Crippen MR) is 126 cm³/mol. The SMILES string of the molecule is CC(C)[C@H](NC(=O)[C@@H]1C[C@@H](O)CN1C(=O)[C@H](CCCCN)NC(=O)[C@@H](N)CCCCN)C(=O)O. The van der Waals surface area contributed by atoms with Crippen molar-refractivity contribution < 1.29 is 29.4 Å². The second-order valence-electron chi connectivity index (χ2n) is 9.20. The van der Waals surface area contributed by atoms with Crippen LogP contribution in [0.4, 0.5) is 0 Å². The number of unbranched alkanes of at least 4 members (excludes halogenated alkanes) is 2. The number of nitrogens with two attached hydrogens (primary N) is 3. The van der Waals surface area contributed by atoms with Gasteiger partial charge in [-0.05, 0) is 51.1 Å². The minimum Gasteiger partial charge on any atom is -0.480 e. The van der Waals surface area contributed by atoms with Crippen LogP contribution in [0.3, 0.4) is 0 Å². The molecule has 1 fully saturated rings. The minimum absolute atomic E-state index is 0.0237. The van der Waals surface area contributed by atoms with Gasteiger partial charge in [0.25, 0.3) is 0 Å². The van der Waals surface area contributed by atoms with Crippen molar-refractivity contribution in [3.05, 3.63) is 0 Å². The molecular formula is C22H42N6O6. The van der Waals surface area contributed by atoms with E-state index in [0.29, 0.717) is 45.2 Å². The molecule has 0 radical (unpaired) electrons. The first kappa shape index (κ1) is 29.8. The van der Waals surface area contributed by atoms with Gasteiger partial charge >= 0.3 is 5.97 Å². The van der Waals surface area contributed by atoms with Gasteiger partial charge in [0.05, 0.1) is 12.1 Å². The summed E-state index contributed by atoms with van der Waals surface area (Å²) in [6.45, 7) is 4.14. The first-order valence-corrected chi connectivity index (χ1v) is 12.0. The number of carbonyl (C=O) groups is 4. The molecule has 1 rings (SSSR count). The maximum absolute atomic E-state index is 13.4. The van der Waals surface area contributed by atoms with E-state index in [9.17, 15) is 29.4 Å². The number of carbonyl (C=O) groups excluding carboxylic acids is 3. The Bertz CT molecular complexity index is 691. The number of carboxylic acids is 1. The number of β-amino-alcohol motifs (C(OH)–C–C–N with tert-alkyl or cyclic N) is 1. The fraction of sp³-hybridized carbons (Fsp3) is 0.818. The van der Waals surface area contributed by atoms with Crippen LogP contribution in [0.15, 0.2) is 0 Å². The smallest absolute Gasteiger partial charge is 0.326 e. The lowest BCUT2D eigenvalue weighted by Crippen LogP contribution is -2.57. The minimum atomic E-state index is -1.18. The first-order chi connectivity index (χ1) is 16.0. The number of rotatable bonds is 15. The summed E-state index contributed by atoms with van der Waals surface area (Å²) >= 11 is 0. The van der Waals surface area contributed by atoms with E-state index < -0.39 is 54.0 Å². The molecule has 34 heavy (non-hydrogen) atoms. The van der Waals surface area contributed by atoms with Gasteiger partial charge in [0.2, 0.25) is 17.7 Å². The standard InChI is InChI=1S/C22H42N6O6/c1-13(2)18(22(33)34)27-20(31)17-11-14(29)12-28(17)21(32)16(8-4-6-10-24)26-19(30)15(25)7-3-5-9-23/h13-18,29H,3-12,23-25H2,1-2H3,(H,26,30)(H,27,31)(H,33,34)/t14-,15+,16+,17+,18+/m1/s1. The van der Waals surface area contributed by atoms with Crippen molar-refractivity contribution in [1.82, 2.24) is 15.5 Å². The molecule has 0 spiro atoms. The molecule has 12 nitrogen and oxygen atoms in total. The van der Waals surface area contributed by atoms with Gasteiger partial charge in [0, 0.05) is 13.0 Å². The largest absolute Gasteiger partial charge is 0.480 e. The van der Waals surface area contributed by atoms with E-state index in [-0.39, 0.29) is 18.9 Å². The third kappa shape index (κ3) is 9.16. The number of aliphatic hydroxyl groups excluding tert-OH is 1. The highest BCUT2D eigenvalue weighted by atomic mass is 16.4. The van der Waals surface area contributed by atoms with Crippen molar-refractivity contribution in [3.63, 3.8) is 0 Å². The van der Waals surface area contributed by atoms with Crippen LogP contribution in [0.1, 0.15) is 58.8 Å². The van der Waals surface area contributed by atoms with E-state index in [1.54, 1.807) is 13.8 Å². The lowest BCUT2D eigenvalue weighted by atomic mass is 10.0. The van der Waals surface area contributed by atoms with Gasteiger partial charge in [0.15, 0.2) is 0 Å². The summed E-state index contributed by atoms with van der Waals surface area (Å²) in [5, 5.41) is 24.7. The van der Waals surface area contributed by atoms with Crippen molar-refractivity contribution >= 4 is 23.7 Å². The summed E-state index contributed by atoms with van der Waals surface area (Å²) in [5.41, 5.74) is 17.0. The molecule has 12 heteroatoms. The molecule has 1 aliphatic heterocycles. The normalized spacial score (nSPS) is 20.6. The molecule has 0 aliphatic carbocycles. The third-order valence-corrected chi connectivity index (χ3v) is 5.96. The second-order valence-corrected chi connectivity index (χ2v) is 9.20. The molecule has 3 amide bonds. The number of carboxylic acid groups (broad SMARTS) is 1. The van der Waals surface area contributed by atoms with Crippen LogP contribution in [0.2, 0.25) is 0 Å². The van der Waals surface area contributed by atoms with Gasteiger partial charge in [-0.1, -0.05) is 20.3 Å². The molecule has 0 unspecified atom stereocenters. The van der Waals surface area contributed by atoms with Crippen molar-refractivity contribution in [2.24, 2.45) is 23.1 Å². The fourth-order valence-electron chi connectivity index (χ4n) is 3.94. The van der Waals surface area contributed by atoms with Crippen molar-refractivity contribution in [2.75, 3.05) is 19.6 Å². The van der Waals surface area contributed by atoms with Gasteiger partial charge in [0.1, 0.15) is 18.1 Å². The van der Waals surface area contributed by atoms with E-state index in [1.165, 1.54) is 4.90 Å². The van der Waals surface area contributed by atoms with Crippen LogP contribution in [0.5, 0.6) is 0 Å². The van der Waals surface area contributed by atoms with Crippen LogP contribution in [-0.4, -0.2) is 88.7 Å². The Hall–Kier alpha value is -2.28. The van der Waals surface area contributed by atoms with Crippen molar-refractivity contribution in [3.8, 4) is 0 Å². The highest BCUT2D eigenvalue weighted by Crippen LogP contribution is 2.21. The number of amides is 3. The molecule has 1 saturated heterocycles. The molecule has 1 heterocycles. The van der Waals surface area contributed by atoms with E-state index in [4.69, 9.17) is 17.2 Å². The zero-order valence-electron chi connectivity index (χ0n) is 20.2. The molecular weight excluding hydrogens is 444 g/mol. The van der Waals surface area contributed by atoms with Crippen LogP contribution in [0, 0.1) is 5.92 Å². The van der Waals surface area contributed by atoms with Crippen LogP contribution >= 0.6 is 0 Å². The molecule has 0 aromatic heterocycles. The fourth-order valence-corrected chi connectivity index (χ4v) is 3.94. The Morgan fingerprint density at radius 1 is 1.00 bits per heavy atom. The first-order valence-electron chi connectivity index (χ1n) is 12.0. The molecule has 0 bridgehead atoms.